The molecular weight excluding hydrogens is 204 g/mol. The van der Waals surface area contributed by atoms with Crippen molar-refractivity contribution >= 4 is 5.69 Å². The van der Waals surface area contributed by atoms with Crippen LogP contribution < -0.4 is 11.3 Å². The molecule has 1 aliphatic rings. The second kappa shape index (κ2) is 4.65. The minimum atomic E-state index is -0.340. The fraction of sp³-hybridized carbons (Fsp3) is 0.636. The minimum Gasteiger partial charge on any atom is -0.393 e. The summed E-state index contributed by atoms with van der Waals surface area (Å²) >= 11 is 0. The molecule has 1 aromatic rings. The van der Waals surface area contributed by atoms with Crippen LogP contribution in [-0.2, 0) is 6.54 Å². The van der Waals surface area contributed by atoms with Gasteiger partial charge in [0.2, 0.25) is 0 Å². The lowest BCUT2D eigenvalue weighted by atomic mass is 10.0. The number of aromatic nitrogens is 2. The number of hydrogen-bond acceptors (Lipinski definition) is 4. The van der Waals surface area contributed by atoms with Crippen LogP contribution in [-0.4, -0.2) is 34.1 Å². The lowest BCUT2D eigenvalue weighted by Crippen LogP contribution is -2.39. The Bertz CT molecular complexity index is 415. The molecule has 0 radical (unpaired) electrons. The third-order valence-electron chi connectivity index (χ3n) is 3.22. The third kappa shape index (κ3) is 2.41. The zero-order chi connectivity index (χ0) is 11.5. The summed E-state index contributed by atoms with van der Waals surface area (Å²) in [6.45, 7) is 2.00. The van der Waals surface area contributed by atoms with Crippen LogP contribution in [0.15, 0.2) is 17.3 Å². The molecule has 0 bridgehead atoms. The van der Waals surface area contributed by atoms with Gasteiger partial charge in [0, 0.05) is 18.8 Å². The zero-order valence-electron chi connectivity index (χ0n) is 9.59. The predicted octanol–water partition coefficient (Wildman–Crippen LogP) is 0.310. The molecule has 5 heteroatoms. The van der Waals surface area contributed by atoms with Gasteiger partial charge < -0.3 is 15.2 Å². The molecule has 1 aromatic heterocycles. The van der Waals surface area contributed by atoms with Crippen LogP contribution in [0.1, 0.15) is 19.3 Å². The van der Waals surface area contributed by atoms with Gasteiger partial charge in [0.05, 0.1) is 6.33 Å². The van der Waals surface area contributed by atoms with Crippen LogP contribution >= 0.6 is 0 Å². The number of nitrogen functional groups attached to an aromatic ring is 1. The molecule has 1 atom stereocenters. The Balaban J connectivity index is 2.07. The van der Waals surface area contributed by atoms with Crippen molar-refractivity contribution in [1.82, 2.24) is 14.5 Å². The van der Waals surface area contributed by atoms with Crippen LogP contribution in [0.3, 0.4) is 0 Å². The lowest BCUT2D eigenvalue weighted by molar-refractivity contribution is 0.167. The molecule has 1 aliphatic heterocycles. The van der Waals surface area contributed by atoms with Gasteiger partial charge in [-0.25, -0.2) is 0 Å². The summed E-state index contributed by atoms with van der Waals surface area (Å²) in [4.78, 5) is 17.2. The second-order valence-corrected chi connectivity index (χ2v) is 4.46. The molecule has 0 saturated carbocycles. The number of nitrogens with two attached hydrogens (primary N) is 1. The molecular formula is C11H18N4O. The largest absolute Gasteiger partial charge is 0.393 e. The smallest absolute Gasteiger partial charge is 0.295 e. The SMILES string of the molecule is CN1CCCCC1Cn1cnc(=O)c(N)c1. The van der Waals surface area contributed by atoms with Crippen molar-refractivity contribution in [3.8, 4) is 0 Å². The van der Waals surface area contributed by atoms with Gasteiger partial charge in [-0.05, 0) is 26.4 Å². The van der Waals surface area contributed by atoms with Gasteiger partial charge in [0.25, 0.3) is 5.56 Å². The Labute approximate surface area is 94.9 Å². The van der Waals surface area contributed by atoms with Crippen molar-refractivity contribution in [1.29, 1.82) is 0 Å². The molecule has 5 nitrogen and oxygen atoms in total. The molecule has 0 aromatic carbocycles. The molecule has 1 unspecified atom stereocenters. The molecule has 0 spiro atoms. The quantitative estimate of drug-likeness (QED) is 0.782. The molecule has 1 fully saturated rings. The highest BCUT2D eigenvalue weighted by molar-refractivity contribution is 5.30. The first kappa shape index (κ1) is 11.1. The standard InChI is InChI=1S/C11H18N4O/c1-14-5-3-2-4-9(14)6-15-7-10(12)11(16)13-8-15/h7-9H,2-6,12H2,1H3. The van der Waals surface area contributed by atoms with Gasteiger partial charge in [-0.1, -0.05) is 6.42 Å². The van der Waals surface area contributed by atoms with Gasteiger partial charge >= 0.3 is 0 Å². The summed E-state index contributed by atoms with van der Waals surface area (Å²) in [5.41, 5.74) is 5.43. The van der Waals surface area contributed by atoms with Gasteiger partial charge in [-0.15, -0.1) is 0 Å². The highest BCUT2D eigenvalue weighted by Crippen LogP contribution is 2.16. The number of rotatable bonds is 2. The van der Waals surface area contributed by atoms with Crippen LogP contribution in [0, 0.1) is 0 Å². The number of likely N-dealkylation sites (tertiary alicyclic amines) is 1. The van der Waals surface area contributed by atoms with Gasteiger partial charge in [-0.2, -0.15) is 4.98 Å². The van der Waals surface area contributed by atoms with E-state index in [4.69, 9.17) is 5.73 Å². The Kier molecular flexibility index (Phi) is 3.24. The summed E-state index contributed by atoms with van der Waals surface area (Å²) < 4.78 is 1.91. The van der Waals surface area contributed by atoms with Crippen molar-refractivity contribution in [3.63, 3.8) is 0 Å². The van der Waals surface area contributed by atoms with E-state index < -0.39 is 0 Å². The first-order valence-electron chi connectivity index (χ1n) is 5.68. The number of likely N-dealkylation sites (N-methyl/N-ethyl adjacent to an activating group) is 1. The van der Waals surface area contributed by atoms with Crippen molar-refractivity contribution in [2.24, 2.45) is 0 Å². The van der Waals surface area contributed by atoms with E-state index in [9.17, 15) is 4.79 Å². The van der Waals surface area contributed by atoms with E-state index in [1.807, 2.05) is 4.57 Å². The summed E-state index contributed by atoms with van der Waals surface area (Å²) in [6, 6.07) is 0.525. The van der Waals surface area contributed by atoms with E-state index in [1.165, 1.54) is 19.3 Å². The fourth-order valence-corrected chi connectivity index (χ4v) is 2.19. The summed E-state index contributed by atoms with van der Waals surface area (Å²) in [7, 11) is 2.14. The normalized spacial score (nSPS) is 22.2. The van der Waals surface area contributed by atoms with Crippen molar-refractivity contribution in [2.45, 2.75) is 31.8 Å². The van der Waals surface area contributed by atoms with Crippen LogP contribution in [0.25, 0.3) is 0 Å². The molecule has 0 amide bonds. The molecule has 2 heterocycles. The minimum absolute atomic E-state index is 0.223. The van der Waals surface area contributed by atoms with E-state index in [2.05, 4.69) is 16.9 Å². The van der Waals surface area contributed by atoms with E-state index in [0.29, 0.717) is 6.04 Å². The Morgan fingerprint density at radius 3 is 3.06 bits per heavy atom. The van der Waals surface area contributed by atoms with E-state index in [0.717, 1.165) is 13.1 Å². The van der Waals surface area contributed by atoms with Crippen molar-refractivity contribution in [2.75, 3.05) is 19.3 Å². The first-order valence-corrected chi connectivity index (χ1v) is 5.68. The Hall–Kier alpha value is -1.36. The monoisotopic (exact) mass is 222 g/mol. The maximum atomic E-state index is 11.1. The average Bonchev–Trinajstić information content (AvgIpc) is 2.27. The maximum absolute atomic E-state index is 11.1. The number of hydrogen-bond donors (Lipinski definition) is 1. The highest BCUT2D eigenvalue weighted by atomic mass is 16.1. The maximum Gasteiger partial charge on any atom is 0.295 e. The lowest BCUT2D eigenvalue weighted by Gasteiger charge is -2.32. The average molecular weight is 222 g/mol. The summed E-state index contributed by atoms with van der Waals surface area (Å²) in [6.07, 6.45) is 7.00. The first-order chi connectivity index (χ1) is 7.66. The van der Waals surface area contributed by atoms with Gasteiger partial charge in [0.15, 0.2) is 0 Å². The molecule has 88 valence electrons. The van der Waals surface area contributed by atoms with E-state index in [-0.39, 0.29) is 11.2 Å². The summed E-state index contributed by atoms with van der Waals surface area (Å²) in [5, 5.41) is 0. The molecule has 0 aliphatic carbocycles. The van der Waals surface area contributed by atoms with Crippen LogP contribution in [0.2, 0.25) is 0 Å². The van der Waals surface area contributed by atoms with Gasteiger partial charge in [0.1, 0.15) is 5.69 Å². The Morgan fingerprint density at radius 1 is 1.56 bits per heavy atom. The predicted molar refractivity (Wildman–Crippen MR) is 63.2 cm³/mol. The van der Waals surface area contributed by atoms with Crippen LogP contribution in [0.4, 0.5) is 5.69 Å². The number of anilines is 1. The highest BCUT2D eigenvalue weighted by Gasteiger charge is 2.18. The third-order valence-corrected chi connectivity index (χ3v) is 3.22. The van der Waals surface area contributed by atoms with Crippen molar-refractivity contribution in [3.05, 3.63) is 22.9 Å². The molecule has 16 heavy (non-hydrogen) atoms. The van der Waals surface area contributed by atoms with Gasteiger partial charge in [-0.3, -0.25) is 4.79 Å². The molecule has 2 rings (SSSR count). The Morgan fingerprint density at radius 2 is 2.38 bits per heavy atom. The molecule has 1 saturated heterocycles. The fourth-order valence-electron chi connectivity index (χ4n) is 2.19. The van der Waals surface area contributed by atoms with Crippen LogP contribution in [0.5, 0.6) is 0 Å². The van der Waals surface area contributed by atoms with E-state index in [1.54, 1.807) is 12.5 Å². The zero-order valence-corrected chi connectivity index (χ0v) is 9.59. The number of nitrogens with zero attached hydrogens (tertiary/aromatic N) is 3. The topological polar surface area (TPSA) is 64.2 Å². The second-order valence-electron chi connectivity index (χ2n) is 4.46. The number of piperidine rings is 1. The molecule has 2 N–H and O–H groups in total. The van der Waals surface area contributed by atoms with E-state index >= 15 is 0 Å². The van der Waals surface area contributed by atoms with Crippen molar-refractivity contribution < 1.29 is 0 Å². The summed E-state index contributed by atoms with van der Waals surface area (Å²) in [5.74, 6) is 0.